The lowest BCUT2D eigenvalue weighted by molar-refractivity contribution is -0.125. The van der Waals surface area contributed by atoms with E-state index in [0.29, 0.717) is 6.54 Å². The molecule has 2 aromatic carbocycles. The molecule has 0 fully saturated rings. The highest BCUT2D eigenvalue weighted by molar-refractivity contribution is 5.85. The Kier molecular flexibility index (Phi) is 11.7. The van der Waals surface area contributed by atoms with E-state index in [1.54, 1.807) is 0 Å². The van der Waals surface area contributed by atoms with Gasteiger partial charge in [0.2, 0.25) is 5.91 Å². The van der Waals surface area contributed by atoms with Gasteiger partial charge in [-0.2, -0.15) is 0 Å². The minimum absolute atomic E-state index is 0. The van der Waals surface area contributed by atoms with E-state index >= 15 is 0 Å². The van der Waals surface area contributed by atoms with Crippen LogP contribution in [0.25, 0.3) is 0 Å². The molecule has 0 aliphatic carbocycles. The second-order valence-corrected chi connectivity index (χ2v) is 6.13. The van der Waals surface area contributed by atoms with E-state index in [0.717, 1.165) is 18.5 Å². The van der Waals surface area contributed by atoms with E-state index in [1.807, 2.05) is 55.5 Å². The van der Waals surface area contributed by atoms with Gasteiger partial charge in [0.15, 0.2) is 0 Å². The highest BCUT2D eigenvalue weighted by Gasteiger charge is 2.21. The smallest absolute Gasteiger partial charge is 0.224 e. The van der Waals surface area contributed by atoms with E-state index in [-0.39, 0.29) is 42.7 Å². The monoisotopic (exact) mass is 397 g/mol. The fraction of sp³-hybridized carbons (Fsp3) is 0.350. The van der Waals surface area contributed by atoms with Crippen molar-refractivity contribution in [3.63, 3.8) is 0 Å². The number of anilines is 1. The Hall–Kier alpha value is -1.75. The number of rotatable bonds is 8. The van der Waals surface area contributed by atoms with Gasteiger partial charge in [-0.05, 0) is 24.1 Å². The lowest BCUT2D eigenvalue weighted by atomic mass is 9.95. The Labute approximate surface area is 169 Å². The first-order valence-electron chi connectivity index (χ1n) is 8.44. The van der Waals surface area contributed by atoms with Gasteiger partial charge in [-0.3, -0.25) is 4.79 Å². The maximum absolute atomic E-state index is 12.3. The predicted molar refractivity (Wildman–Crippen MR) is 114 cm³/mol. The normalized spacial score (nSPS) is 12.1. The third-order valence-corrected chi connectivity index (χ3v) is 4.30. The van der Waals surface area contributed by atoms with E-state index in [9.17, 15) is 4.79 Å². The molecule has 0 aliphatic heterocycles. The second-order valence-electron chi connectivity index (χ2n) is 6.13. The summed E-state index contributed by atoms with van der Waals surface area (Å²) in [5.74, 6) is -0.243. The molecule has 144 valence electrons. The van der Waals surface area contributed by atoms with Gasteiger partial charge in [-0.1, -0.05) is 55.5 Å². The van der Waals surface area contributed by atoms with Gasteiger partial charge in [-0.25, -0.2) is 0 Å². The van der Waals surface area contributed by atoms with Crippen LogP contribution in [0.15, 0.2) is 60.7 Å². The number of nitrogens with zero attached hydrogens (tertiary/aromatic N) is 1. The van der Waals surface area contributed by atoms with E-state index < -0.39 is 0 Å². The summed E-state index contributed by atoms with van der Waals surface area (Å²) in [6.07, 6.45) is 0.893. The van der Waals surface area contributed by atoms with Crippen LogP contribution in [0.5, 0.6) is 0 Å². The van der Waals surface area contributed by atoms with Crippen LogP contribution in [0, 0.1) is 5.92 Å². The molecular weight excluding hydrogens is 369 g/mol. The molecule has 0 radical (unpaired) electrons. The number of nitrogens with two attached hydrogens (primary N) is 1. The standard InChI is InChI=1S/C20H27N3O.2ClH/c1-16(19(21)17-10-5-3-6-11-17)20(24)22-14-9-15-23(2)18-12-7-4-8-13-18;;/h3-8,10-13,16,19H,9,14-15,21H2,1-2H3,(H,22,24);2*1H. The van der Waals surface area contributed by atoms with Gasteiger partial charge in [-0.15, -0.1) is 24.8 Å². The molecule has 2 unspecified atom stereocenters. The Morgan fingerprint density at radius 2 is 1.58 bits per heavy atom. The number of benzene rings is 2. The molecule has 4 nitrogen and oxygen atoms in total. The molecule has 0 aliphatic rings. The Balaban J connectivity index is 0.00000312. The summed E-state index contributed by atoms with van der Waals surface area (Å²) in [4.78, 5) is 14.5. The fourth-order valence-corrected chi connectivity index (χ4v) is 2.63. The number of amides is 1. The summed E-state index contributed by atoms with van der Waals surface area (Å²) in [7, 11) is 2.06. The second kappa shape index (κ2) is 12.6. The lowest BCUT2D eigenvalue weighted by Gasteiger charge is -2.21. The van der Waals surface area contributed by atoms with Crippen molar-refractivity contribution in [2.24, 2.45) is 11.7 Å². The Bertz CT molecular complexity index is 625. The van der Waals surface area contributed by atoms with Gasteiger partial charge in [0.05, 0.1) is 5.92 Å². The maximum Gasteiger partial charge on any atom is 0.224 e. The summed E-state index contributed by atoms with van der Waals surface area (Å²) in [5, 5.41) is 2.99. The number of hydrogen-bond acceptors (Lipinski definition) is 3. The molecule has 6 heteroatoms. The molecule has 0 spiro atoms. The van der Waals surface area contributed by atoms with Crippen LogP contribution in [0.1, 0.15) is 24.9 Å². The zero-order chi connectivity index (χ0) is 17.4. The van der Waals surface area contributed by atoms with Crippen molar-refractivity contribution >= 4 is 36.4 Å². The number of carbonyl (C=O) groups excluding carboxylic acids is 1. The van der Waals surface area contributed by atoms with Crippen molar-refractivity contribution < 1.29 is 4.79 Å². The molecule has 0 aromatic heterocycles. The topological polar surface area (TPSA) is 58.4 Å². The van der Waals surface area contributed by atoms with Crippen LogP contribution in [0.2, 0.25) is 0 Å². The molecular formula is C20H29Cl2N3O. The molecule has 0 heterocycles. The van der Waals surface area contributed by atoms with Crippen molar-refractivity contribution in [3.05, 3.63) is 66.2 Å². The molecule has 2 rings (SSSR count). The average Bonchev–Trinajstić information content (AvgIpc) is 2.65. The van der Waals surface area contributed by atoms with Crippen molar-refractivity contribution in [1.82, 2.24) is 5.32 Å². The minimum atomic E-state index is -0.279. The number of hydrogen-bond donors (Lipinski definition) is 2. The summed E-state index contributed by atoms with van der Waals surface area (Å²) in [6.45, 7) is 3.42. The fourth-order valence-electron chi connectivity index (χ4n) is 2.63. The minimum Gasteiger partial charge on any atom is -0.375 e. The van der Waals surface area contributed by atoms with Crippen LogP contribution in [0.4, 0.5) is 5.69 Å². The summed E-state index contributed by atoms with van der Waals surface area (Å²) < 4.78 is 0. The van der Waals surface area contributed by atoms with Gasteiger partial charge in [0, 0.05) is 31.9 Å². The van der Waals surface area contributed by atoms with Crippen molar-refractivity contribution in [1.29, 1.82) is 0 Å². The quantitative estimate of drug-likeness (QED) is 0.665. The number of nitrogens with one attached hydrogen (secondary N) is 1. The number of carbonyl (C=O) groups is 1. The number of para-hydroxylation sites is 1. The average molecular weight is 398 g/mol. The van der Waals surface area contributed by atoms with Crippen LogP contribution < -0.4 is 16.0 Å². The molecule has 26 heavy (non-hydrogen) atoms. The molecule has 2 atom stereocenters. The molecule has 1 amide bonds. The Morgan fingerprint density at radius 3 is 2.15 bits per heavy atom. The third kappa shape index (κ3) is 7.24. The van der Waals surface area contributed by atoms with Crippen LogP contribution in [-0.2, 0) is 4.79 Å². The summed E-state index contributed by atoms with van der Waals surface area (Å²) in [5.41, 5.74) is 8.37. The first kappa shape index (κ1) is 24.2. The van der Waals surface area contributed by atoms with Gasteiger partial charge in [0.25, 0.3) is 0 Å². The SMILES string of the molecule is CC(C(=O)NCCCN(C)c1ccccc1)C(N)c1ccccc1.Cl.Cl. The van der Waals surface area contributed by atoms with E-state index in [4.69, 9.17) is 5.73 Å². The Morgan fingerprint density at radius 1 is 1.04 bits per heavy atom. The van der Waals surface area contributed by atoms with Crippen LogP contribution >= 0.6 is 24.8 Å². The summed E-state index contributed by atoms with van der Waals surface area (Å²) >= 11 is 0. The molecule has 0 saturated carbocycles. The van der Waals surface area contributed by atoms with Gasteiger partial charge < -0.3 is 16.0 Å². The van der Waals surface area contributed by atoms with Crippen molar-refractivity contribution in [3.8, 4) is 0 Å². The largest absolute Gasteiger partial charge is 0.375 e. The molecule has 0 bridgehead atoms. The van der Waals surface area contributed by atoms with Crippen molar-refractivity contribution in [2.75, 3.05) is 25.0 Å². The molecule has 0 saturated heterocycles. The van der Waals surface area contributed by atoms with Crippen LogP contribution in [0.3, 0.4) is 0 Å². The van der Waals surface area contributed by atoms with E-state index in [2.05, 4.69) is 29.4 Å². The van der Waals surface area contributed by atoms with Gasteiger partial charge >= 0.3 is 0 Å². The molecule has 3 N–H and O–H groups in total. The lowest BCUT2D eigenvalue weighted by Crippen LogP contribution is -2.36. The maximum atomic E-state index is 12.3. The zero-order valence-electron chi connectivity index (χ0n) is 15.3. The first-order chi connectivity index (χ1) is 11.6. The van der Waals surface area contributed by atoms with Crippen molar-refractivity contribution in [2.45, 2.75) is 19.4 Å². The highest BCUT2D eigenvalue weighted by Crippen LogP contribution is 2.19. The molecule has 2 aromatic rings. The first-order valence-corrected chi connectivity index (χ1v) is 8.44. The number of halogens is 2. The zero-order valence-corrected chi connectivity index (χ0v) is 16.9. The predicted octanol–water partition coefficient (Wildman–Crippen LogP) is 3.81. The highest BCUT2D eigenvalue weighted by atomic mass is 35.5. The third-order valence-electron chi connectivity index (χ3n) is 4.30. The summed E-state index contributed by atoms with van der Waals surface area (Å²) in [6, 6.07) is 19.7. The van der Waals surface area contributed by atoms with E-state index in [1.165, 1.54) is 5.69 Å². The van der Waals surface area contributed by atoms with Gasteiger partial charge in [0.1, 0.15) is 0 Å². The van der Waals surface area contributed by atoms with Crippen LogP contribution in [-0.4, -0.2) is 26.0 Å².